The predicted octanol–water partition coefficient (Wildman–Crippen LogP) is 3.75. The van der Waals surface area contributed by atoms with Gasteiger partial charge in [-0.15, -0.1) is 0 Å². The molecule has 1 aromatic carbocycles. The molecule has 1 aliphatic rings. The number of imidazole rings is 1. The lowest BCUT2D eigenvalue weighted by atomic mass is 10.3. The minimum atomic E-state index is -0.372. The summed E-state index contributed by atoms with van der Waals surface area (Å²) in [6.45, 7) is 0. The summed E-state index contributed by atoms with van der Waals surface area (Å²) >= 11 is 5.70. The number of hydrogen-bond donors (Lipinski definition) is 1. The number of benzene rings is 1. The summed E-state index contributed by atoms with van der Waals surface area (Å²) in [5.74, 6) is 0.302. The summed E-state index contributed by atoms with van der Waals surface area (Å²) in [6.07, 6.45) is 5.95. The van der Waals surface area contributed by atoms with Gasteiger partial charge in [0.05, 0.1) is 5.69 Å². The maximum Gasteiger partial charge on any atom is 0.207 e. The number of rotatable bonds is 3. The summed E-state index contributed by atoms with van der Waals surface area (Å²) in [5, 5.41) is 3.38. The van der Waals surface area contributed by atoms with Gasteiger partial charge in [-0.25, -0.2) is 9.37 Å². The Kier molecular flexibility index (Phi) is 2.52. The Bertz CT molecular complexity index is 548. The molecule has 3 nitrogen and oxygen atoms in total. The van der Waals surface area contributed by atoms with Crippen LogP contribution in [0.4, 0.5) is 16.0 Å². The van der Waals surface area contributed by atoms with Gasteiger partial charge in [0, 0.05) is 23.5 Å². The van der Waals surface area contributed by atoms with E-state index in [4.69, 9.17) is 11.6 Å². The molecule has 1 N–H and O–H groups in total. The van der Waals surface area contributed by atoms with Crippen LogP contribution in [0.1, 0.15) is 18.9 Å². The van der Waals surface area contributed by atoms with Crippen molar-refractivity contribution in [1.29, 1.82) is 0 Å². The van der Waals surface area contributed by atoms with Crippen LogP contribution in [0.2, 0.25) is 5.02 Å². The third kappa shape index (κ3) is 2.13. The predicted molar refractivity (Wildman–Crippen MR) is 65.2 cm³/mol. The topological polar surface area (TPSA) is 29.9 Å². The van der Waals surface area contributed by atoms with E-state index in [0.717, 1.165) is 12.8 Å². The van der Waals surface area contributed by atoms with Crippen LogP contribution in [0, 0.1) is 5.82 Å². The van der Waals surface area contributed by atoms with Crippen LogP contribution in [0.25, 0.3) is 0 Å². The zero-order chi connectivity index (χ0) is 11.8. The highest BCUT2D eigenvalue weighted by atomic mass is 35.5. The van der Waals surface area contributed by atoms with Crippen molar-refractivity contribution in [2.24, 2.45) is 0 Å². The maximum absolute atomic E-state index is 13.6. The van der Waals surface area contributed by atoms with Crippen molar-refractivity contribution in [3.05, 3.63) is 41.4 Å². The smallest absolute Gasteiger partial charge is 0.207 e. The molecule has 0 aliphatic heterocycles. The zero-order valence-corrected chi connectivity index (χ0v) is 9.78. The molecule has 0 spiro atoms. The van der Waals surface area contributed by atoms with Crippen molar-refractivity contribution < 1.29 is 4.39 Å². The van der Waals surface area contributed by atoms with Gasteiger partial charge < -0.3 is 9.88 Å². The van der Waals surface area contributed by atoms with E-state index < -0.39 is 0 Å². The Morgan fingerprint density at radius 1 is 1.41 bits per heavy atom. The van der Waals surface area contributed by atoms with E-state index in [2.05, 4.69) is 10.3 Å². The summed E-state index contributed by atoms with van der Waals surface area (Å²) in [5.41, 5.74) is 0.391. The van der Waals surface area contributed by atoms with Gasteiger partial charge in [0.1, 0.15) is 5.82 Å². The number of halogens is 2. The van der Waals surface area contributed by atoms with Crippen LogP contribution in [0.3, 0.4) is 0 Å². The van der Waals surface area contributed by atoms with Gasteiger partial charge in [0.2, 0.25) is 5.95 Å². The molecule has 1 saturated carbocycles. The Labute approximate surface area is 103 Å². The molecule has 1 aliphatic carbocycles. The van der Waals surface area contributed by atoms with Crippen molar-refractivity contribution in [3.8, 4) is 0 Å². The largest absolute Gasteiger partial charge is 0.323 e. The van der Waals surface area contributed by atoms with Gasteiger partial charge in [-0.3, -0.25) is 0 Å². The molecule has 17 heavy (non-hydrogen) atoms. The van der Waals surface area contributed by atoms with Gasteiger partial charge in [0.15, 0.2) is 0 Å². The monoisotopic (exact) mass is 251 g/mol. The molecule has 0 amide bonds. The fraction of sp³-hybridized carbons (Fsp3) is 0.250. The van der Waals surface area contributed by atoms with Crippen molar-refractivity contribution in [2.45, 2.75) is 18.9 Å². The van der Waals surface area contributed by atoms with Crippen LogP contribution < -0.4 is 5.32 Å². The molecule has 0 saturated heterocycles. The van der Waals surface area contributed by atoms with E-state index in [1.807, 2.05) is 10.8 Å². The molecule has 1 fully saturated rings. The summed E-state index contributed by atoms with van der Waals surface area (Å²) in [4.78, 5) is 4.19. The number of anilines is 2. The Morgan fingerprint density at radius 2 is 2.24 bits per heavy atom. The third-order valence-corrected chi connectivity index (χ3v) is 3.02. The standard InChI is InChI=1S/C12H11ClFN3/c13-8-1-4-11(10(14)7-8)16-12-15-5-6-17(12)9-2-3-9/h1,4-7,9H,2-3H2,(H,15,16). The first-order chi connectivity index (χ1) is 8.24. The summed E-state index contributed by atoms with van der Waals surface area (Å²) in [7, 11) is 0. The molecule has 0 atom stereocenters. The van der Waals surface area contributed by atoms with Gasteiger partial charge in [0.25, 0.3) is 0 Å². The minimum Gasteiger partial charge on any atom is -0.323 e. The van der Waals surface area contributed by atoms with Crippen LogP contribution in [-0.2, 0) is 0 Å². The van der Waals surface area contributed by atoms with Gasteiger partial charge in [-0.1, -0.05) is 11.6 Å². The Morgan fingerprint density at radius 3 is 2.94 bits per heavy atom. The lowest BCUT2D eigenvalue weighted by Gasteiger charge is -2.09. The van der Waals surface area contributed by atoms with Gasteiger partial charge >= 0.3 is 0 Å². The second-order valence-corrected chi connectivity index (χ2v) is 4.57. The maximum atomic E-state index is 13.6. The van der Waals surface area contributed by atoms with E-state index in [1.165, 1.54) is 6.07 Å². The van der Waals surface area contributed by atoms with E-state index in [-0.39, 0.29) is 5.82 Å². The van der Waals surface area contributed by atoms with E-state index in [9.17, 15) is 4.39 Å². The minimum absolute atomic E-state index is 0.372. The molecule has 0 radical (unpaired) electrons. The summed E-state index contributed by atoms with van der Waals surface area (Å²) in [6, 6.07) is 5.06. The Balaban J connectivity index is 1.88. The van der Waals surface area contributed by atoms with Crippen molar-refractivity contribution >= 4 is 23.2 Å². The fourth-order valence-electron chi connectivity index (χ4n) is 1.77. The number of hydrogen-bond acceptors (Lipinski definition) is 2. The van der Waals surface area contributed by atoms with Crippen molar-refractivity contribution in [2.75, 3.05) is 5.32 Å². The van der Waals surface area contributed by atoms with Crippen LogP contribution in [-0.4, -0.2) is 9.55 Å². The average Bonchev–Trinajstić information content (AvgIpc) is 3.03. The van der Waals surface area contributed by atoms with Crippen molar-refractivity contribution in [1.82, 2.24) is 9.55 Å². The zero-order valence-electron chi connectivity index (χ0n) is 9.03. The van der Waals surface area contributed by atoms with E-state index in [1.54, 1.807) is 18.3 Å². The third-order valence-electron chi connectivity index (χ3n) is 2.79. The molecule has 88 valence electrons. The summed E-state index contributed by atoms with van der Waals surface area (Å²) < 4.78 is 15.6. The number of nitrogens with one attached hydrogen (secondary N) is 1. The lowest BCUT2D eigenvalue weighted by Crippen LogP contribution is -2.02. The molecule has 1 aromatic heterocycles. The fourth-order valence-corrected chi connectivity index (χ4v) is 1.93. The highest BCUT2D eigenvalue weighted by Gasteiger charge is 2.25. The van der Waals surface area contributed by atoms with Gasteiger partial charge in [-0.05, 0) is 31.0 Å². The highest BCUT2D eigenvalue weighted by Crippen LogP contribution is 2.37. The van der Waals surface area contributed by atoms with E-state index in [0.29, 0.717) is 22.7 Å². The van der Waals surface area contributed by atoms with E-state index >= 15 is 0 Å². The van der Waals surface area contributed by atoms with Crippen molar-refractivity contribution in [3.63, 3.8) is 0 Å². The molecular formula is C12H11ClFN3. The second kappa shape index (κ2) is 4.04. The first-order valence-corrected chi connectivity index (χ1v) is 5.87. The molecule has 3 rings (SSSR count). The molecular weight excluding hydrogens is 241 g/mol. The second-order valence-electron chi connectivity index (χ2n) is 4.14. The van der Waals surface area contributed by atoms with Crippen LogP contribution in [0.5, 0.6) is 0 Å². The molecule has 0 bridgehead atoms. The van der Waals surface area contributed by atoms with Crippen LogP contribution in [0.15, 0.2) is 30.6 Å². The SMILES string of the molecule is Fc1cc(Cl)ccc1Nc1nccn1C1CC1. The Hall–Kier alpha value is -1.55. The van der Waals surface area contributed by atoms with Gasteiger partial charge in [-0.2, -0.15) is 0 Å². The number of nitrogens with zero attached hydrogens (tertiary/aromatic N) is 2. The lowest BCUT2D eigenvalue weighted by molar-refractivity contribution is 0.631. The highest BCUT2D eigenvalue weighted by molar-refractivity contribution is 6.30. The molecule has 5 heteroatoms. The quantitative estimate of drug-likeness (QED) is 0.900. The molecule has 0 unspecified atom stereocenters. The first-order valence-electron chi connectivity index (χ1n) is 5.49. The number of aromatic nitrogens is 2. The molecule has 2 aromatic rings. The first kappa shape index (κ1) is 10.6. The van der Waals surface area contributed by atoms with Crippen LogP contribution >= 0.6 is 11.6 Å². The normalized spacial score (nSPS) is 14.9. The molecule has 1 heterocycles. The average molecular weight is 252 g/mol.